The number of aryl methyl sites for hydroxylation is 2. The molecule has 0 aliphatic carbocycles. The minimum atomic E-state index is -0.321. The maximum Gasteiger partial charge on any atom is 0.344 e. The number of rotatable bonds is 1. The van der Waals surface area contributed by atoms with Crippen LogP contribution in [0.4, 0.5) is 5.69 Å². The molecule has 0 bridgehead atoms. The van der Waals surface area contributed by atoms with Gasteiger partial charge < -0.3 is 14.1 Å². The SMILES string of the molecule is Cc1ccc(N2COc3c(cc4c(oc(=O)c5ccccc54)c3C)C2)cc1Cl. The molecule has 2 heterocycles. The zero-order chi connectivity index (χ0) is 19.4. The van der Waals surface area contributed by atoms with Crippen molar-refractivity contribution in [2.45, 2.75) is 20.4 Å². The maximum atomic E-state index is 12.4. The summed E-state index contributed by atoms with van der Waals surface area (Å²) in [6, 6.07) is 15.7. The van der Waals surface area contributed by atoms with Gasteiger partial charge in [-0.3, -0.25) is 0 Å². The van der Waals surface area contributed by atoms with Crippen molar-refractivity contribution < 1.29 is 9.15 Å². The van der Waals surface area contributed by atoms with Gasteiger partial charge in [0.2, 0.25) is 0 Å². The average molecular weight is 392 g/mol. The van der Waals surface area contributed by atoms with Gasteiger partial charge in [0.05, 0.1) is 5.39 Å². The molecule has 3 aromatic carbocycles. The van der Waals surface area contributed by atoms with Crippen molar-refractivity contribution in [3.8, 4) is 5.75 Å². The molecule has 0 amide bonds. The highest BCUT2D eigenvalue weighted by molar-refractivity contribution is 6.31. The minimum Gasteiger partial charge on any atom is -0.472 e. The average Bonchev–Trinajstić information content (AvgIpc) is 2.71. The van der Waals surface area contributed by atoms with Crippen LogP contribution in [-0.2, 0) is 6.54 Å². The molecule has 0 spiro atoms. The lowest BCUT2D eigenvalue weighted by Crippen LogP contribution is -2.32. The molecule has 5 heteroatoms. The normalized spacial score (nSPS) is 13.6. The Kier molecular flexibility index (Phi) is 3.84. The van der Waals surface area contributed by atoms with Crippen LogP contribution in [0.5, 0.6) is 5.75 Å². The Bertz CT molecular complexity index is 1310. The molecule has 140 valence electrons. The maximum absolute atomic E-state index is 12.4. The number of fused-ring (bicyclic) bond motifs is 4. The number of anilines is 1. The predicted molar refractivity (Wildman–Crippen MR) is 113 cm³/mol. The third-order valence-corrected chi connectivity index (χ3v) is 5.82. The molecule has 0 N–H and O–H groups in total. The van der Waals surface area contributed by atoms with E-state index in [1.54, 1.807) is 6.07 Å². The van der Waals surface area contributed by atoms with Crippen LogP contribution in [-0.4, -0.2) is 6.73 Å². The minimum absolute atomic E-state index is 0.321. The van der Waals surface area contributed by atoms with Crippen LogP contribution in [0.25, 0.3) is 21.7 Å². The van der Waals surface area contributed by atoms with E-state index >= 15 is 0 Å². The van der Waals surface area contributed by atoms with Crippen LogP contribution < -0.4 is 15.3 Å². The molecular weight excluding hydrogens is 374 g/mol. The fourth-order valence-electron chi connectivity index (χ4n) is 3.88. The van der Waals surface area contributed by atoms with E-state index in [0.29, 0.717) is 24.2 Å². The molecule has 4 aromatic rings. The van der Waals surface area contributed by atoms with Gasteiger partial charge in [0, 0.05) is 33.8 Å². The predicted octanol–water partition coefficient (Wildman–Crippen LogP) is 5.57. The first-order valence-electron chi connectivity index (χ1n) is 9.15. The van der Waals surface area contributed by atoms with Gasteiger partial charge in [-0.05, 0) is 49.1 Å². The van der Waals surface area contributed by atoms with Gasteiger partial charge in [-0.2, -0.15) is 0 Å². The molecular formula is C23H18ClNO3. The Morgan fingerprint density at radius 3 is 2.57 bits per heavy atom. The molecule has 4 nitrogen and oxygen atoms in total. The lowest BCUT2D eigenvalue weighted by molar-refractivity contribution is 0.287. The summed E-state index contributed by atoms with van der Waals surface area (Å²) in [5.41, 5.74) is 4.26. The molecule has 1 aromatic heterocycles. The third-order valence-electron chi connectivity index (χ3n) is 5.41. The lowest BCUT2D eigenvalue weighted by atomic mass is 10.00. The summed E-state index contributed by atoms with van der Waals surface area (Å²) in [6.07, 6.45) is 0. The molecule has 0 saturated heterocycles. The van der Waals surface area contributed by atoms with E-state index < -0.39 is 0 Å². The van der Waals surface area contributed by atoms with Crippen molar-refractivity contribution in [2.75, 3.05) is 11.6 Å². The van der Waals surface area contributed by atoms with Crippen molar-refractivity contribution in [1.29, 1.82) is 0 Å². The molecule has 28 heavy (non-hydrogen) atoms. The number of hydrogen-bond acceptors (Lipinski definition) is 4. The third kappa shape index (κ3) is 2.56. The summed E-state index contributed by atoms with van der Waals surface area (Å²) in [7, 11) is 0. The first-order valence-corrected chi connectivity index (χ1v) is 9.52. The molecule has 0 unspecified atom stereocenters. The molecule has 1 aliphatic heterocycles. The quantitative estimate of drug-likeness (QED) is 0.314. The largest absolute Gasteiger partial charge is 0.472 e. The van der Waals surface area contributed by atoms with Gasteiger partial charge in [0.25, 0.3) is 0 Å². The highest BCUT2D eigenvalue weighted by Crippen LogP contribution is 2.38. The van der Waals surface area contributed by atoms with E-state index in [0.717, 1.165) is 43.9 Å². The number of hydrogen-bond donors (Lipinski definition) is 0. The van der Waals surface area contributed by atoms with E-state index in [2.05, 4.69) is 17.0 Å². The number of ether oxygens (including phenoxy) is 1. The summed E-state index contributed by atoms with van der Waals surface area (Å²) < 4.78 is 11.7. The van der Waals surface area contributed by atoms with Crippen molar-refractivity contribution in [3.05, 3.63) is 80.7 Å². The summed E-state index contributed by atoms with van der Waals surface area (Å²) in [4.78, 5) is 14.5. The number of benzene rings is 3. The van der Waals surface area contributed by atoms with Crippen molar-refractivity contribution in [2.24, 2.45) is 0 Å². The second kappa shape index (κ2) is 6.28. The van der Waals surface area contributed by atoms with Gasteiger partial charge in [0.1, 0.15) is 11.3 Å². The van der Waals surface area contributed by atoms with Crippen molar-refractivity contribution >= 4 is 39.0 Å². The molecule has 0 saturated carbocycles. The van der Waals surface area contributed by atoms with Crippen molar-refractivity contribution in [1.82, 2.24) is 0 Å². The van der Waals surface area contributed by atoms with Gasteiger partial charge in [-0.1, -0.05) is 35.9 Å². The van der Waals surface area contributed by atoms with Gasteiger partial charge >= 0.3 is 5.63 Å². The monoisotopic (exact) mass is 391 g/mol. The lowest BCUT2D eigenvalue weighted by Gasteiger charge is -2.32. The fourth-order valence-corrected chi connectivity index (χ4v) is 4.06. The second-order valence-corrected chi connectivity index (χ2v) is 7.61. The van der Waals surface area contributed by atoms with Crippen LogP contribution >= 0.6 is 11.6 Å². The van der Waals surface area contributed by atoms with E-state index in [9.17, 15) is 4.79 Å². The highest BCUT2D eigenvalue weighted by atomic mass is 35.5. The topological polar surface area (TPSA) is 42.7 Å². The summed E-state index contributed by atoms with van der Waals surface area (Å²) in [5, 5.41) is 3.16. The van der Waals surface area contributed by atoms with Crippen LogP contribution in [0.3, 0.4) is 0 Å². The zero-order valence-corrected chi connectivity index (χ0v) is 16.3. The Hall–Kier alpha value is -2.98. The highest BCUT2D eigenvalue weighted by Gasteiger charge is 2.23. The standard InChI is InChI=1S/C23H18ClNO3/c1-13-7-8-16(10-20(13)24)25-11-15-9-19-17-5-3-4-6-18(17)23(26)28-22(19)14(2)21(15)27-12-25/h3-10H,11-12H2,1-2H3. The van der Waals surface area contributed by atoms with E-state index in [4.69, 9.17) is 20.8 Å². The Morgan fingerprint density at radius 1 is 1.00 bits per heavy atom. The van der Waals surface area contributed by atoms with Crippen LogP contribution in [0, 0.1) is 13.8 Å². The smallest absolute Gasteiger partial charge is 0.344 e. The number of nitrogens with zero attached hydrogens (tertiary/aromatic N) is 1. The molecule has 5 rings (SSSR count). The van der Waals surface area contributed by atoms with E-state index in [1.807, 2.05) is 44.2 Å². The van der Waals surface area contributed by atoms with Crippen LogP contribution in [0.1, 0.15) is 16.7 Å². The van der Waals surface area contributed by atoms with Gasteiger partial charge in [0.15, 0.2) is 6.73 Å². The first-order chi connectivity index (χ1) is 13.5. The fraction of sp³-hybridized carbons (Fsp3) is 0.174. The second-order valence-electron chi connectivity index (χ2n) is 7.21. The van der Waals surface area contributed by atoms with Crippen LogP contribution in [0.15, 0.2) is 57.7 Å². The van der Waals surface area contributed by atoms with Crippen molar-refractivity contribution in [3.63, 3.8) is 0 Å². The number of halogens is 1. The molecule has 0 atom stereocenters. The summed E-state index contributed by atoms with van der Waals surface area (Å²) >= 11 is 6.31. The van der Waals surface area contributed by atoms with E-state index in [-0.39, 0.29) is 5.63 Å². The van der Waals surface area contributed by atoms with E-state index in [1.165, 1.54) is 0 Å². The molecule has 0 fully saturated rings. The first kappa shape index (κ1) is 17.1. The Labute approximate surface area is 166 Å². The van der Waals surface area contributed by atoms with Crippen LogP contribution in [0.2, 0.25) is 5.02 Å². The summed E-state index contributed by atoms with van der Waals surface area (Å²) in [5.74, 6) is 0.792. The molecule has 0 radical (unpaired) electrons. The molecule has 1 aliphatic rings. The summed E-state index contributed by atoms with van der Waals surface area (Å²) in [6.45, 7) is 5.04. The van der Waals surface area contributed by atoms with Gasteiger partial charge in [-0.25, -0.2) is 4.79 Å². The Morgan fingerprint density at radius 2 is 1.79 bits per heavy atom. The zero-order valence-electron chi connectivity index (χ0n) is 15.6. The Balaban J connectivity index is 1.68. The van der Waals surface area contributed by atoms with Gasteiger partial charge in [-0.15, -0.1) is 0 Å².